The number of esters is 1. The first-order valence-corrected chi connectivity index (χ1v) is 14.8. The summed E-state index contributed by atoms with van der Waals surface area (Å²) < 4.78 is 33.3. The van der Waals surface area contributed by atoms with Gasteiger partial charge in [0.05, 0.1) is 34.7 Å². The molecule has 4 aliphatic rings. The molecule has 220 valence electrons. The quantitative estimate of drug-likeness (QED) is 0.305. The summed E-state index contributed by atoms with van der Waals surface area (Å²) in [6.45, 7) is 3.65. The number of fused-ring (bicyclic) bond motifs is 6. The lowest BCUT2D eigenvalue weighted by Gasteiger charge is -2.31. The van der Waals surface area contributed by atoms with Gasteiger partial charge in [-0.05, 0) is 67.5 Å². The molecule has 1 saturated heterocycles. The topological polar surface area (TPSA) is 103 Å². The van der Waals surface area contributed by atoms with Gasteiger partial charge in [-0.1, -0.05) is 13.0 Å². The lowest BCUT2D eigenvalue weighted by molar-refractivity contribution is -0.172. The van der Waals surface area contributed by atoms with Crippen LogP contribution >= 0.6 is 0 Å². The van der Waals surface area contributed by atoms with Gasteiger partial charge in [0.2, 0.25) is 6.79 Å². The Hall–Kier alpha value is -4.44. The highest BCUT2D eigenvalue weighted by molar-refractivity contribution is 5.91. The maximum atomic E-state index is 15.2. The average Bonchev–Trinajstić information content (AvgIpc) is 3.77. The Morgan fingerprint density at radius 1 is 1.00 bits per heavy atom. The van der Waals surface area contributed by atoms with Crippen molar-refractivity contribution >= 4 is 22.6 Å². The number of pyridine rings is 2. The molecule has 0 radical (unpaired) electrons. The standard InChI is InChI=1S/C33H30FN3O6/c1-2-33(40)23-13-27-30-21(15-37(27)31(38)22(23)16-41-32(33)39)19(20-12-28-29(43-17-42-28)14-25(20)35-30)7-5-18-6-8-26(24(34)11-18)36-9-3-4-10-36/h6,8,11-14,40H,2-5,7,9-10,15-17H2,1H3/t33-/m0/s1. The number of benzene rings is 2. The van der Waals surface area contributed by atoms with Crippen LogP contribution < -0.4 is 19.9 Å². The van der Waals surface area contributed by atoms with Crippen LogP contribution in [0.5, 0.6) is 11.5 Å². The van der Waals surface area contributed by atoms with Gasteiger partial charge in [0, 0.05) is 35.7 Å². The predicted octanol–water partition coefficient (Wildman–Crippen LogP) is 4.33. The average molecular weight is 584 g/mol. The molecule has 2 aromatic heterocycles. The summed E-state index contributed by atoms with van der Waals surface area (Å²) in [6.07, 6.45) is 3.38. The number of hydrogen-bond donors (Lipinski definition) is 1. The van der Waals surface area contributed by atoms with Crippen molar-refractivity contribution in [3.05, 3.63) is 80.4 Å². The molecule has 1 N–H and O–H groups in total. The first kappa shape index (κ1) is 26.2. The molecule has 10 heteroatoms. The van der Waals surface area contributed by atoms with Crippen LogP contribution in [0.4, 0.5) is 10.1 Å². The molecule has 43 heavy (non-hydrogen) atoms. The second kappa shape index (κ2) is 9.54. The summed E-state index contributed by atoms with van der Waals surface area (Å²) in [5.41, 5.74) is 3.58. The highest BCUT2D eigenvalue weighted by Gasteiger charge is 2.45. The Labute approximate surface area is 246 Å². The zero-order chi connectivity index (χ0) is 29.5. The number of hydrogen-bond acceptors (Lipinski definition) is 8. The molecule has 4 aromatic rings. The number of carbonyl (C=O) groups is 1. The van der Waals surface area contributed by atoms with Gasteiger partial charge in [0.25, 0.3) is 5.56 Å². The first-order valence-electron chi connectivity index (χ1n) is 14.8. The minimum Gasteiger partial charge on any atom is -0.458 e. The monoisotopic (exact) mass is 583 g/mol. The van der Waals surface area contributed by atoms with Crippen LogP contribution in [0, 0.1) is 5.82 Å². The van der Waals surface area contributed by atoms with Crippen LogP contribution in [0.25, 0.3) is 22.3 Å². The minimum atomic E-state index is -1.90. The van der Waals surface area contributed by atoms with E-state index in [4.69, 9.17) is 19.2 Å². The van der Waals surface area contributed by atoms with E-state index in [0.717, 1.165) is 48.0 Å². The molecule has 0 spiro atoms. The van der Waals surface area contributed by atoms with Crippen LogP contribution in [-0.2, 0) is 41.1 Å². The summed E-state index contributed by atoms with van der Waals surface area (Å²) in [5, 5.41) is 12.1. The summed E-state index contributed by atoms with van der Waals surface area (Å²) in [4.78, 5) is 33.4. The van der Waals surface area contributed by atoms with Gasteiger partial charge in [-0.2, -0.15) is 0 Å². The second-order valence-corrected chi connectivity index (χ2v) is 11.7. The molecule has 8 rings (SSSR count). The molecule has 2 aromatic carbocycles. The molecule has 9 nitrogen and oxygen atoms in total. The van der Waals surface area contributed by atoms with Crippen molar-refractivity contribution in [1.82, 2.24) is 9.55 Å². The third-order valence-electron chi connectivity index (χ3n) is 9.42. The van der Waals surface area contributed by atoms with E-state index in [1.807, 2.05) is 24.3 Å². The number of rotatable bonds is 5. The predicted molar refractivity (Wildman–Crippen MR) is 156 cm³/mol. The van der Waals surface area contributed by atoms with Gasteiger partial charge in [-0.3, -0.25) is 4.79 Å². The molecule has 0 amide bonds. The van der Waals surface area contributed by atoms with Gasteiger partial charge in [0.1, 0.15) is 12.4 Å². The normalized spacial score (nSPS) is 19.9. The van der Waals surface area contributed by atoms with E-state index in [-0.39, 0.29) is 48.9 Å². The smallest absolute Gasteiger partial charge is 0.343 e. The van der Waals surface area contributed by atoms with Crippen molar-refractivity contribution in [1.29, 1.82) is 0 Å². The Kier molecular flexibility index (Phi) is 5.81. The number of aryl methyl sites for hydroxylation is 2. The van der Waals surface area contributed by atoms with E-state index >= 15 is 4.39 Å². The largest absolute Gasteiger partial charge is 0.458 e. The summed E-state index contributed by atoms with van der Waals surface area (Å²) in [7, 11) is 0. The van der Waals surface area contributed by atoms with E-state index in [2.05, 4.69) is 4.90 Å². The maximum Gasteiger partial charge on any atom is 0.343 e. The minimum absolute atomic E-state index is 0.0710. The van der Waals surface area contributed by atoms with Crippen molar-refractivity contribution in [2.45, 2.75) is 57.8 Å². The highest BCUT2D eigenvalue weighted by Crippen LogP contribution is 2.43. The van der Waals surface area contributed by atoms with Crippen LogP contribution in [0.3, 0.4) is 0 Å². The van der Waals surface area contributed by atoms with Gasteiger partial charge in [-0.15, -0.1) is 0 Å². The third kappa shape index (κ3) is 3.89. The van der Waals surface area contributed by atoms with Crippen molar-refractivity contribution in [2.24, 2.45) is 0 Å². The van der Waals surface area contributed by atoms with Gasteiger partial charge < -0.3 is 28.8 Å². The number of aliphatic hydroxyl groups is 1. The molecule has 0 aliphatic carbocycles. The van der Waals surface area contributed by atoms with Crippen molar-refractivity contribution in [2.75, 3.05) is 24.8 Å². The molecule has 1 fully saturated rings. The maximum absolute atomic E-state index is 15.2. The number of aromatic nitrogens is 2. The molecular weight excluding hydrogens is 553 g/mol. The number of nitrogens with zero attached hydrogens (tertiary/aromatic N) is 3. The molecule has 4 aliphatic heterocycles. The summed E-state index contributed by atoms with van der Waals surface area (Å²) in [6, 6.07) is 11.0. The van der Waals surface area contributed by atoms with Crippen molar-refractivity contribution in [3.8, 4) is 22.9 Å². The third-order valence-corrected chi connectivity index (χ3v) is 9.42. The van der Waals surface area contributed by atoms with E-state index < -0.39 is 11.6 Å². The molecule has 1 atom stereocenters. The Bertz CT molecular complexity index is 1910. The fourth-order valence-electron chi connectivity index (χ4n) is 7.03. The van der Waals surface area contributed by atoms with Crippen molar-refractivity contribution < 1.29 is 28.5 Å². The van der Waals surface area contributed by atoms with E-state index in [0.29, 0.717) is 46.9 Å². The first-order chi connectivity index (χ1) is 20.9. The molecule has 0 saturated carbocycles. The van der Waals surface area contributed by atoms with Gasteiger partial charge >= 0.3 is 5.97 Å². The van der Waals surface area contributed by atoms with Crippen LogP contribution in [0.1, 0.15) is 54.0 Å². The highest BCUT2D eigenvalue weighted by atomic mass is 19.1. The zero-order valence-corrected chi connectivity index (χ0v) is 23.7. The van der Waals surface area contributed by atoms with E-state index in [1.54, 1.807) is 23.6 Å². The number of halogens is 1. The Morgan fingerprint density at radius 2 is 1.79 bits per heavy atom. The van der Waals surface area contributed by atoms with Crippen LogP contribution in [-0.4, -0.2) is 40.5 Å². The van der Waals surface area contributed by atoms with E-state index in [1.165, 1.54) is 0 Å². The van der Waals surface area contributed by atoms with Gasteiger partial charge in [0.15, 0.2) is 17.1 Å². The summed E-state index contributed by atoms with van der Waals surface area (Å²) in [5.74, 6) is 0.253. The lowest BCUT2D eigenvalue weighted by atomic mass is 9.86. The second-order valence-electron chi connectivity index (χ2n) is 11.7. The van der Waals surface area contributed by atoms with Gasteiger partial charge in [-0.25, -0.2) is 14.2 Å². The SMILES string of the molecule is CC[C@@]1(O)C(=O)OCc2c1cc1n(c2=O)Cc2c-1nc1cc3c(cc1c2CCc1ccc(N2CCCC2)c(F)c1)OCO3. The number of anilines is 1. The molecular formula is C33H30FN3O6. The van der Waals surface area contributed by atoms with Crippen molar-refractivity contribution in [3.63, 3.8) is 0 Å². The Morgan fingerprint density at radius 3 is 2.56 bits per heavy atom. The molecule has 6 heterocycles. The van der Waals surface area contributed by atoms with Crippen LogP contribution in [0.15, 0.2) is 41.2 Å². The van der Waals surface area contributed by atoms with Crippen LogP contribution in [0.2, 0.25) is 0 Å². The lowest BCUT2D eigenvalue weighted by Crippen LogP contribution is -2.44. The Balaban J connectivity index is 1.25. The number of cyclic esters (lactones) is 1. The fraction of sp³-hybridized carbons (Fsp3) is 0.364. The number of carbonyl (C=O) groups excluding carboxylic acids is 1. The molecule has 0 unspecified atom stereocenters. The molecule has 0 bridgehead atoms. The fourth-order valence-corrected chi connectivity index (χ4v) is 7.03. The zero-order valence-electron chi connectivity index (χ0n) is 23.7. The number of ether oxygens (including phenoxy) is 3. The summed E-state index contributed by atoms with van der Waals surface area (Å²) >= 11 is 0. The van der Waals surface area contributed by atoms with E-state index in [9.17, 15) is 14.7 Å².